The van der Waals surface area contributed by atoms with Gasteiger partial charge >= 0.3 is 6.03 Å². The highest BCUT2D eigenvalue weighted by Crippen LogP contribution is 2.35. The highest BCUT2D eigenvalue weighted by Gasteiger charge is 2.17. The Labute approximate surface area is 177 Å². The number of aromatic amines is 1. The quantitative estimate of drug-likeness (QED) is 0.402. The van der Waals surface area contributed by atoms with Crippen molar-refractivity contribution in [3.05, 3.63) is 42.9 Å². The maximum absolute atomic E-state index is 11.9. The van der Waals surface area contributed by atoms with Gasteiger partial charge in [0.2, 0.25) is 5.95 Å². The zero-order valence-electron chi connectivity index (χ0n) is 16.8. The number of carbonyl (C=O) groups excluding carboxylic acids is 1. The Morgan fingerprint density at radius 2 is 2.03 bits per heavy atom. The first-order valence-corrected chi connectivity index (χ1v) is 9.94. The fourth-order valence-corrected chi connectivity index (χ4v) is 3.44. The van der Waals surface area contributed by atoms with Crippen molar-refractivity contribution in [2.24, 2.45) is 0 Å². The first-order chi connectivity index (χ1) is 15.2. The van der Waals surface area contributed by atoms with Gasteiger partial charge in [-0.25, -0.2) is 24.7 Å². The largest absolute Gasteiger partial charge is 0.488 e. The number of imidazole rings is 1. The number of amides is 2. The van der Waals surface area contributed by atoms with Gasteiger partial charge in [-0.15, -0.1) is 0 Å². The van der Waals surface area contributed by atoms with E-state index >= 15 is 0 Å². The molecule has 5 rings (SSSR count). The van der Waals surface area contributed by atoms with Crippen LogP contribution in [0.25, 0.3) is 33.5 Å². The Kier molecular flexibility index (Phi) is 4.79. The Morgan fingerprint density at radius 3 is 2.87 bits per heavy atom. The second-order valence-electron chi connectivity index (χ2n) is 6.91. The molecule has 0 aliphatic carbocycles. The number of ether oxygens (including phenoxy) is 1. The second-order valence-corrected chi connectivity index (χ2v) is 6.91. The Hall–Kier alpha value is -4.21. The van der Waals surface area contributed by atoms with E-state index in [1.807, 2.05) is 25.1 Å². The second kappa shape index (κ2) is 7.90. The van der Waals surface area contributed by atoms with Crippen LogP contribution in [0.2, 0.25) is 0 Å². The van der Waals surface area contributed by atoms with E-state index in [0.29, 0.717) is 36.2 Å². The summed E-state index contributed by atoms with van der Waals surface area (Å²) in [7, 11) is 0. The number of H-pyrrole nitrogens is 1. The molecule has 4 N–H and O–H groups in total. The molecule has 1 aromatic carbocycles. The summed E-state index contributed by atoms with van der Waals surface area (Å²) in [6, 6.07) is 7.30. The SMILES string of the molecule is CCNC(=O)Nc1nc2c(-c3ncccn3)cc(-c3cnc4c(c3)OCCN4)cc2[nH]1. The van der Waals surface area contributed by atoms with Crippen LogP contribution in [0.15, 0.2) is 42.9 Å². The molecule has 10 heteroatoms. The Bertz CT molecular complexity index is 1260. The van der Waals surface area contributed by atoms with E-state index in [1.165, 1.54) is 0 Å². The Morgan fingerprint density at radius 1 is 1.16 bits per heavy atom. The monoisotopic (exact) mass is 416 g/mol. The minimum absolute atomic E-state index is 0.331. The molecule has 0 saturated carbocycles. The molecule has 0 atom stereocenters. The lowest BCUT2D eigenvalue weighted by atomic mass is 10.0. The first-order valence-electron chi connectivity index (χ1n) is 9.94. The van der Waals surface area contributed by atoms with Crippen LogP contribution in [0, 0.1) is 0 Å². The van der Waals surface area contributed by atoms with Gasteiger partial charge in [0.15, 0.2) is 17.4 Å². The molecule has 1 aliphatic heterocycles. The zero-order chi connectivity index (χ0) is 21.2. The molecule has 0 unspecified atom stereocenters. The third-order valence-electron chi connectivity index (χ3n) is 4.80. The van der Waals surface area contributed by atoms with Gasteiger partial charge in [0.05, 0.1) is 12.1 Å². The summed E-state index contributed by atoms with van der Waals surface area (Å²) in [4.78, 5) is 32.9. The molecule has 0 spiro atoms. The summed E-state index contributed by atoms with van der Waals surface area (Å²) in [5.74, 6) is 2.32. The third-order valence-corrected chi connectivity index (χ3v) is 4.80. The number of aromatic nitrogens is 5. The number of nitrogens with one attached hydrogen (secondary N) is 4. The van der Waals surface area contributed by atoms with Crippen molar-refractivity contribution in [3.8, 4) is 28.3 Å². The van der Waals surface area contributed by atoms with Gasteiger partial charge in [0.1, 0.15) is 12.1 Å². The van der Waals surface area contributed by atoms with Gasteiger partial charge in [-0.1, -0.05) is 0 Å². The van der Waals surface area contributed by atoms with Gasteiger partial charge in [-0.2, -0.15) is 0 Å². The van der Waals surface area contributed by atoms with Crippen LogP contribution in [-0.4, -0.2) is 50.6 Å². The van der Waals surface area contributed by atoms with E-state index in [1.54, 1.807) is 24.7 Å². The van der Waals surface area contributed by atoms with Gasteiger partial charge in [-0.05, 0) is 36.8 Å². The number of hydrogen-bond acceptors (Lipinski definition) is 7. The van der Waals surface area contributed by atoms with E-state index in [-0.39, 0.29) is 6.03 Å². The predicted octanol–water partition coefficient (Wildman–Crippen LogP) is 3.03. The molecule has 0 fully saturated rings. The topological polar surface area (TPSA) is 130 Å². The summed E-state index contributed by atoms with van der Waals surface area (Å²) in [6.07, 6.45) is 5.16. The van der Waals surface area contributed by atoms with E-state index in [4.69, 9.17) is 4.74 Å². The predicted molar refractivity (Wildman–Crippen MR) is 117 cm³/mol. The molecule has 4 aromatic rings. The lowest BCUT2D eigenvalue weighted by molar-refractivity contribution is 0.252. The number of anilines is 2. The maximum Gasteiger partial charge on any atom is 0.321 e. The lowest BCUT2D eigenvalue weighted by Gasteiger charge is -2.18. The normalized spacial score (nSPS) is 12.5. The van der Waals surface area contributed by atoms with Crippen LogP contribution in [0.5, 0.6) is 5.75 Å². The fraction of sp³-hybridized carbons (Fsp3) is 0.190. The van der Waals surface area contributed by atoms with Crippen molar-refractivity contribution >= 4 is 28.8 Å². The molecular formula is C21H20N8O2. The molecule has 10 nitrogen and oxygen atoms in total. The zero-order valence-corrected chi connectivity index (χ0v) is 16.8. The van der Waals surface area contributed by atoms with Crippen LogP contribution in [0.4, 0.5) is 16.6 Å². The molecule has 3 aromatic heterocycles. The average Bonchev–Trinajstić information content (AvgIpc) is 3.21. The van der Waals surface area contributed by atoms with Gasteiger partial charge in [-0.3, -0.25) is 5.32 Å². The standard InChI is InChI=1S/C21H20N8O2/c1-2-22-21(30)29-20-27-15-9-12(13-10-16-19(26-11-13)25-6-7-31-16)8-14(17(15)28-20)18-23-4-3-5-24-18/h3-5,8-11H,2,6-7H2,1H3,(H,25,26)(H3,22,27,28,29,30). The molecule has 0 radical (unpaired) electrons. The average molecular weight is 416 g/mol. The van der Waals surface area contributed by atoms with E-state index in [2.05, 4.69) is 40.9 Å². The first kappa shape index (κ1) is 18.8. The molecule has 1 aliphatic rings. The minimum Gasteiger partial charge on any atom is -0.488 e. The third kappa shape index (κ3) is 3.70. The number of carbonyl (C=O) groups is 1. The number of hydrogen-bond donors (Lipinski definition) is 4. The number of urea groups is 1. The van der Waals surface area contributed by atoms with Crippen LogP contribution < -0.4 is 20.7 Å². The van der Waals surface area contributed by atoms with Gasteiger partial charge in [0.25, 0.3) is 0 Å². The fourth-order valence-electron chi connectivity index (χ4n) is 3.44. The van der Waals surface area contributed by atoms with Crippen molar-refractivity contribution in [1.29, 1.82) is 0 Å². The van der Waals surface area contributed by atoms with E-state index in [9.17, 15) is 4.79 Å². The maximum atomic E-state index is 11.9. The van der Waals surface area contributed by atoms with Crippen LogP contribution in [0.3, 0.4) is 0 Å². The van der Waals surface area contributed by atoms with Crippen molar-refractivity contribution in [2.45, 2.75) is 6.92 Å². The minimum atomic E-state index is -0.331. The summed E-state index contributed by atoms with van der Waals surface area (Å²) in [5, 5.41) is 8.62. The Balaban J connectivity index is 1.63. The molecule has 0 saturated heterocycles. The molecule has 156 valence electrons. The number of fused-ring (bicyclic) bond motifs is 2. The van der Waals surface area contributed by atoms with Crippen molar-refractivity contribution in [2.75, 3.05) is 30.3 Å². The summed E-state index contributed by atoms with van der Waals surface area (Å²) in [5.41, 5.74) is 3.92. The number of pyridine rings is 1. The lowest BCUT2D eigenvalue weighted by Crippen LogP contribution is -2.28. The highest BCUT2D eigenvalue weighted by molar-refractivity contribution is 5.97. The van der Waals surface area contributed by atoms with Crippen LogP contribution in [-0.2, 0) is 0 Å². The number of benzene rings is 1. The smallest absolute Gasteiger partial charge is 0.321 e. The number of rotatable bonds is 4. The molecule has 0 bridgehead atoms. The van der Waals surface area contributed by atoms with Gasteiger partial charge in [0, 0.05) is 36.3 Å². The van der Waals surface area contributed by atoms with Gasteiger partial charge < -0.3 is 20.4 Å². The highest BCUT2D eigenvalue weighted by atomic mass is 16.5. The van der Waals surface area contributed by atoms with Crippen LogP contribution >= 0.6 is 0 Å². The van der Waals surface area contributed by atoms with Crippen LogP contribution in [0.1, 0.15) is 6.92 Å². The van der Waals surface area contributed by atoms with Crippen molar-refractivity contribution in [3.63, 3.8) is 0 Å². The van der Waals surface area contributed by atoms with Crippen molar-refractivity contribution < 1.29 is 9.53 Å². The van der Waals surface area contributed by atoms with Crippen molar-refractivity contribution in [1.82, 2.24) is 30.2 Å². The van der Waals surface area contributed by atoms with E-state index < -0.39 is 0 Å². The molecule has 2 amide bonds. The summed E-state index contributed by atoms with van der Waals surface area (Å²) in [6.45, 7) is 3.69. The molecule has 4 heterocycles. The molecular weight excluding hydrogens is 396 g/mol. The number of nitrogens with zero attached hydrogens (tertiary/aromatic N) is 4. The molecule has 31 heavy (non-hydrogen) atoms. The summed E-state index contributed by atoms with van der Waals surface area (Å²) >= 11 is 0. The summed E-state index contributed by atoms with van der Waals surface area (Å²) < 4.78 is 5.73. The van der Waals surface area contributed by atoms with E-state index in [0.717, 1.165) is 34.6 Å².